The van der Waals surface area contributed by atoms with Crippen LogP contribution in [0, 0.1) is 3.57 Å². The molecule has 1 heterocycles. The first-order chi connectivity index (χ1) is 10.2. The molecule has 0 aliphatic carbocycles. The lowest BCUT2D eigenvalue weighted by Crippen LogP contribution is -2.26. The molecule has 0 amide bonds. The van der Waals surface area contributed by atoms with Gasteiger partial charge < -0.3 is 9.67 Å². The molecule has 1 aromatic heterocycles. The Morgan fingerprint density at radius 1 is 1.23 bits per heavy atom. The summed E-state index contributed by atoms with van der Waals surface area (Å²) in [7, 11) is 0. The maximum atomic E-state index is 12.5. The van der Waals surface area contributed by atoms with E-state index < -0.39 is 23.3 Å². The van der Waals surface area contributed by atoms with Gasteiger partial charge in [0.15, 0.2) is 0 Å². The molecule has 116 valence electrons. The summed E-state index contributed by atoms with van der Waals surface area (Å²) in [5.41, 5.74) is -1.39. The van der Waals surface area contributed by atoms with Gasteiger partial charge in [-0.2, -0.15) is 13.2 Å². The van der Waals surface area contributed by atoms with Crippen LogP contribution in [0.3, 0.4) is 0 Å². The van der Waals surface area contributed by atoms with E-state index in [2.05, 4.69) is 0 Å². The molecule has 0 fully saturated rings. The molecule has 2 rings (SSSR count). The minimum Gasteiger partial charge on any atom is -0.477 e. The second-order valence-electron chi connectivity index (χ2n) is 4.50. The van der Waals surface area contributed by atoms with Crippen LogP contribution in [0.2, 0.25) is 0 Å². The van der Waals surface area contributed by atoms with Gasteiger partial charge in [0.25, 0.3) is 5.56 Å². The summed E-state index contributed by atoms with van der Waals surface area (Å²) in [4.78, 5) is 23.0. The molecule has 0 bridgehead atoms. The number of hydrogen-bond donors (Lipinski definition) is 1. The van der Waals surface area contributed by atoms with E-state index in [4.69, 9.17) is 5.11 Å². The molecular weight excluding hydrogens is 414 g/mol. The Kier molecular flexibility index (Phi) is 4.59. The highest BCUT2D eigenvalue weighted by Crippen LogP contribution is 2.29. The quantitative estimate of drug-likeness (QED) is 0.772. The maximum absolute atomic E-state index is 12.5. The highest BCUT2D eigenvalue weighted by atomic mass is 127. The summed E-state index contributed by atoms with van der Waals surface area (Å²) in [6, 6.07) is 5.61. The van der Waals surface area contributed by atoms with Gasteiger partial charge in [-0.25, -0.2) is 4.79 Å². The zero-order valence-electron chi connectivity index (χ0n) is 10.9. The third kappa shape index (κ3) is 3.67. The third-order valence-electron chi connectivity index (χ3n) is 2.92. The highest BCUT2D eigenvalue weighted by Gasteiger charge is 2.29. The van der Waals surface area contributed by atoms with Crippen LogP contribution in [-0.4, -0.2) is 15.6 Å². The lowest BCUT2D eigenvalue weighted by Gasteiger charge is -2.10. The Bertz CT molecular complexity index is 766. The Balaban J connectivity index is 2.35. The lowest BCUT2D eigenvalue weighted by atomic mass is 10.1. The number of aromatic carboxylic acids is 1. The van der Waals surface area contributed by atoms with Crippen LogP contribution in [0.4, 0.5) is 13.2 Å². The highest BCUT2D eigenvalue weighted by molar-refractivity contribution is 14.1. The van der Waals surface area contributed by atoms with Crippen molar-refractivity contribution in [3.8, 4) is 0 Å². The first-order valence-electron chi connectivity index (χ1n) is 5.98. The van der Waals surface area contributed by atoms with Crippen LogP contribution in [0.5, 0.6) is 0 Å². The van der Waals surface area contributed by atoms with Gasteiger partial charge in [-0.3, -0.25) is 4.79 Å². The zero-order valence-corrected chi connectivity index (χ0v) is 13.1. The van der Waals surface area contributed by atoms with Crippen LogP contribution < -0.4 is 5.56 Å². The minimum atomic E-state index is -4.42. The van der Waals surface area contributed by atoms with Crippen molar-refractivity contribution in [3.63, 3.8) is 0 Å². The number of carboxylic acid groups (broad SMARTS) is 1. The fourth-order valence-corrected chi connectivity index (χ4v) is 2.51. The normalized spacial score (nSPS) is 11.5. The van der Waals surface area contributed by atoms with E-state index >= 15 is 0 Å². The van der Waals surface area contributed by atoms with Gasteiger partial charge >= 0.3 is 12.1 Å². The summed E-state index contributed by atoms with van der Waals surface area (Å²) in [6.07, 6.45) is -2.97. The molecule has 4 nitrogen and oxygen atoms in total. The molecule has 2 aromatic rings. The molecule has 0 unspecified atom stereocenters. The van der Waals surface area contributed by atoms with Crippen molar-refractivity contribution >= 4 is 28.6 Å². The average molecular weight is 423 g/mol. The van der Waals surface area contributed by atoms with E-state index in [9.17, 15) is 22.8 Å². The Hall–Kier alpha value is -1.84. The van der Waals surface area contributed by atoms with Crippen LogP contribution >= 0.6 is 22.6 Å². The molecule has 0 saturated carbocycles. The third-order valence-corrected chi connectivity index (χ3v) is 3.51. The number of carboxylic acids is 1. The topological polar surface area (TPSA) is 59.3 Å². The van der Waals surface area contributed by atoms with Crippen molar-refractivity contribution in [2.24, 2.45) is 0 Å². The SMILES string of the molecule is O=C(O)c1cc(I)cn(Cc2ccc(C(F)(F)F)cc2)c1=O. The summed E-state index contributed by atoms with van der Waals surface area (Å²) in [6.45, 7) is -0.00586. The Labute approximate surface area is 136 Å². The predicted octanol–water partition coefficient (Wildman–Crippen LogP) is 3.22. The van der Waals surface area contributed by atoms with Gasteiger partial charge in [-0.15, -0.1) is 0 Å². The monoisotopic (exact) mass is 423 g/mol. The number of nitrogens with zero attached hydrogens (tertiary/aromatic N) is 1. The molecule has 0 atom stereocenters. The first kappa shape index (κ1) is 16.5. The second-order valence-corrected chi connectivity index (χ2v) is 5.75. The van der Waals surface area contributed by atoms with E-state index in [-0.39, 0.29) is 12.1 Å². The van der Waals surface area contributed by atoms with Crippen molar-refractivity contribution in [3.05, 3.63) is 67.1 Å². The van der Waals surface area contributed by atoms with Crippen LogP contribution in [0.25, 0.3) is 0 Å². The van der Waals surface area contributed by atoms with Crippen molar-refractivity contribution in [2.75, 3.05) is 0 Å². The van der Waals surface area contributed by atoms with E-state index in [1.54, 1.807) is 0 Å². The number of benzene rings is 1. The van der Waals surface area contributed by atoms with Crippen molar-refractivity contribution < 1.29 is 23.1 Å². The molecule has 0 aliphatic rings. The van der Waals surface area contributed by atoms with E-state index in [0.717, 1.165) is 16.7 Å². The number of pyridine rings is 1. The lowest BCUT2D eigenvalue weighted by molar-refractivity contribution is -0.137. The van der Waals surface area contributed by atoms with Gasteiger partial charge in [-0.1, -0.05) is 12.1 Å². The summed E-state index contributed by atoms with van der Waals surface area (Å²) in [5, 5.41) is 8.96. The largest absolute Gasteiger partial charge is 0.477 e. The Morgan fingerprint density at radius 2 is 1.82 bits per heavy atom. The average Bonchev–Trinajstić information content (AvgIpc) is 2.41. The van der Waals surface area contributed by atoms with Gasteiger partial charge in [-0.05, 0) is 46.4 Å². The van der Waals surface area contributed by atoms with E-state index in [1.807, 2.05) is 22.6 Å². The summed E-state index contributed by atoms with van der Waals surface area (Å²) >= 11 is 1.87. The van der Waals surface area contributed by atoms with Crippen LogP contribution in [0.1, 0.15) is 21.5 Å². The van der Waals surface area contributed by atoms with Crippen molar-refractivity contribution in [2.45, 2.75) is 12.7 Å². The molecule has 0 radical (unpaired) electrons. The molecular formula is C14H9F3INO3. The second kappa shape index (κ2) is 6.11. The minimum absolute atomic E-state index is 0.00586. The number of rotatable bonds is 3. The number of hydrogen-bond acceptors (Lipinski definition) is 2. The van der Waals surface area contributed by atoms with Crippen molar-refractivity contribution in [1.29, 1.82) is 0 Å². The molecule has 1 aromatic carbocycles. The number of halogens is 4. The van der Waals surface area contributed by atoms with Crippen LogP contribution in [-0.2, 0) is 12.7 Å². The number of carbonyl (C=O) groups is 1. The first-order valence-corrected chi connectivity index (χ1v) is 7.06. The molecule has 1 N–H and O–H groups in total. The standard InChI is InChI=1S/C14H9F3INO3/c15-14(16,17)9-3-1-8(2-4-9)6-19-7-10(18)5-11(12(19)20)13(21)22/h1-5,7H,6H2,(H,21,22). The van der Waals surface area contributed by atoms with Crippen LogP contribution in [0.15, 0.2) is 41.3 Å². The number of alkyl halides is 3. The van der Waals surface area contributed by atoms with Crippen molar-refractivity contribution in [1.82, 2.24) is 4.57 Å². The van der Waals surface area contributed by atoms with Gasteiger partial charge in [0, 0.05) is 9.77 Å². The summed E-state index contributed by atoms with van der Waals surface area (Å²) in [5.74, 6) is -1.34. The zero-order chi connectivity index (χ0) is 16.5. The molecule has 0 spiro atoms. The van der Waals surface area contributed by atoms with Gasteiger partial charge in [0.1, 0.15) is 5.56 Å². The smallest absolute Gasteiger partial charge is 0.416 e. The molecule has 0 aliphatic heterocycles. The fourth-order valence-electron chi connectivity index (χ4n) is 1.87. The Morgan fingerprint density at radius 3 is 2.32 bits per heavy atom. The molecule has 22 heavy (non-hydrogen) atoms. The molecule has 0 saturated heterocycles. The predicted molar refractivity (Wildman–Crippen MR) is 80.9 cm³/mol. The summed E-state index contributed by atoms with van der Waals surface area (Å²) < 4.78 is 39.2. The van der Waals surface area contributed by atoms with E-state index in [1.165, 1.54) is 24.4 Å². The fraction of sp³-hybridized carbons (Fsp3) is 0.143. The maximum Gasteiger partial charge on any atom is 0.416 e. The van der Waals surface area contributed by atoms with E-state index in [0.29, 0.717) is 9.13 Å². The van der Waals surface area contributed by atoms with Gasteiger partial charge in [0.05, 0.1) is 12.1 Å². The number of aromatic nitrogens is 1. The van der Waals surface area contributed by atoms with Gasteiger partial charge in [0.2, 0.25) is 0 Å². The molecule has 8 heteroatoms.